The van der Waals surface area contributed by atoms with Crippen LogP contribution < -0.4 is 0 Å². The first kappa shape index (κ1) is 8.99. The summed E-state index contributed by atoms with van der Waals surface area (Å²) < 4.78 is 1.33. The van der Waals surface area contributed by atoms with E-state index < -0.39 is 4.92 Å². The topological polar surface area (TPSA) is 61.0 Å². The Morgan fingerprint density at radius 2 is 2.33 bits per heavy atom. The van der Waals surface area contributed by atoms with Crippen LogP contribution in [-0.4, -0.2) is 14.7 Å². The van der Waals surface area contributed by atoms with E-state index in [1.807, 2.05) is 13.8 Å². The van der Waals surface area contributed by atoms with E-state index in [2.05, 4.69) is 11.3 Å². The summed E-state index contributed by atoms with van der Waals surface area (Å²) in [6.07, 6.45) is 2.55. The maximum absolute atomic E-state index is 10.3. The van der Waals surface area contributed by atoms with Crippen LogP contribution in [0.4, 0.5) is 5.82 Å². The molecule has 1 aromatic rings. The Balaban J connectivity index is 3.09. The van der Waals surface area contributed by atoms with E-state index in [9.17, 15) is 10.1 Å². The van der Waals surface area contributed by atoms with Crippen LogP contribution in [0.1, 0.15) is 19.9 Å². The van der Waals surface area contributed by atoms with Crippen molar-refractivity contribution in [2.75, 3.05) is 0 Å². The Bertz CT molecular complexity index is 308. The molecule has 65 valence electrons. The summed E-state index contributed by atoms with van der Waals surface area (Å²) in [5.41, 5.74) is 0. The largest absolute Gasteiger partial charge is 0.409 e. The van der Waals surface area contributed by atoms with Crippen molar-refractivity contribution < 1.29 is 4.92 Å². The lowest BCUT2D eigenvalue weighted by atomic mass is 10.4. The second-order valence-corrected chi connectivity index (χ2v) is 2.92. The van der Waals surface area contributed by atoms with Crippen molar-refractivity contribution in [2.45, 2.75) is 19.9 Å². The van der Waals surface area contributed by atoms with Gasteiger partial charge in [-0.3, -0.25) is 0 Å². The fraction of sp³-hybridized carbons (Fsp3) is 0.500. The van der Waals surface area contributed by atoms with Crippen LogP contribution in [0, 0.1) is 16.3 Å². The van der Waals surface area contributed by atoms with Gasteiger partial charge in [0.1, 0.15) is 6.20 Å². The van der Waals surface area contributed by atoms with Crippen molar-refractivity contribution >= 4 is 17.4 Å². The standard InChI is InChI=1S/C6H7ClN3O2/c1-4(2)9-3-5(7)6(8-9)10(11)12/h4H,1-2H3. The molecule has 0 atom stereocenters. The van der Waals surface area contributed by atoms with E-state index >= 15 is 0 Å². The highest BCUT2D eigenvalue weighted by atomic mass is 35.5. The SMILES string of the molecule is CC(C)n1[c]c(Cl)c([N+](=O)[O-])n1. The van der Waals surface area contributed by atoms with E-state index in [1.165, 1.54) is 4.68 Å². The van der Waals surface area contributed by atoms with Gasteiger partial charge in [0, 0.05) is 0 Å². The van der Waals surface area contributed by atoms with Gasteiger partial charge in [-0.1, -0.05) is 11.6 Å². The zero-order valence-corrected chi connectivity index (χ0v) is 7.37. The predicted octanol–water partition coefficient (Wildman–Crippen LogP) is 1.83. The summed E-state index contributed by atoms with van der Waals surface area (Å²) in [5.74, 6) is -0.342. The lowest BCUT2D eigenvalue weighted by Crippen LogP contribution is -2.01. The zero-order chi connectivity index (χ0) is 9.30. The second kappa shape index (κ2) is 3.10. The van der Waals surface area contributed by atoms with E-state index in [1.54, 1.807) is 0 Å². The molecule has 0 amide bonds. The van der Waals surface area contributed by atoms with Gasteiger partial charge in [-0.15, -0.1) is 0 Å². The van der Waals surface area contributed by atoms with Crippen LogP contribution >= 0.6 is 11.6 Å². The molecule has 1 heterocycles. The Morgan fingerprint density at radius 1 is 1.75 bits per heavy atom. The number of rotatable bonds is 2. The summed E-state index contributed by atoms with van der Waals surface area (Å²) >= 11 is 5.50. The van der Waals surface area contributed by atoms with Crippen LogP contribution in [-0.2, 0) is 0 Å². The van der Waals surface area contributed by atoms with Crippen LogP contribution in [0.15, 0.2) is 0 Å². The van der Waals surface area contributed by atoms with Gasteiger partial charge in [0.15, 0.2) is 5.02 Å². The van der Waals surface area contributed by atoms with Crippen LogP contribution in [0.5, 0.6) is 0 Å². The minimum atomic E-state index is -0.627. The molecule has 0 fully saturated rings. The van der Waals surface area contributed by atoms with Gasteiger partial charge in [-0.2, -0.15) is 4.68 Å². The number of hydrogen-bond donors (Lipinski definition) is 0. The Kier molecular flexibility index (Phi) is 2.32. The van der Waals surface area contributed by atoms with Gasteiger partial charge >= 0.3 is 5.82 Å². The van der Waals surface area contributed by atoms with Crippen LogP contribution in [0.25, 0.3) is 0 Å². The molecule has 0 N–H and O–H groups in total. The molecular formula is C6H7ClN3O2. The fourth-order valence-corrected chi connectivity index (χ4v) is 0.876. The van der Waals surface area contributed by atoms with E-state index in [0.29, 0.717) is 0 Å². The quantitative estimate of drug-likeness (QED) is 0.526. The third-order valence-corrected chi connectivity index (χ3v) is 1.53. The molecule has 5 nitrogen and oxygen atoms in total. The van der Waals surface area contributed by atoms with E-state index in [-0.39, 0.29) is 16.9 Å². The summed E-state index contributed by atoms with van der Waals surface area (Å²) in [7, 11) is 0. The first-order valence-electron chi connectivity index (χ1n) is 3.34. The maximum Gasteiger partial charge on any atom is 0.409 e. The fourth-order valence-electron chi connectivity index (χ4n) is 0.683. The molecule has 0 bridgehead atoms. The Hall–Kier alpha value is -1.10. The molecule has 0 aliphatic carbocycles. The smallest absolute Gasteiger partial charge is 0.358 e. The van der Waals surface area contributed by atoms with Gasteiger partial charge in [-0.05, 0) is 18.8 Å². The summed E-state index contributed by atoms with van der Waals surface area (Å²) in [5, 5.41) is 13.9. The predicted molar refractivity (Wildman–Crippen MR) is 43.1 cm³/mol. The van der Waals surface area contributed by atoms with Gasteiger partial charge in [0.05, 0.1) is 11.1 Å². The Morgan fingerprint density at radius 3 is 2.58 bits per heavy atom. The molecule has 0 unspecified atom stereocenters. The zero-order valence-electron chi connectivity index (χ0n) is 6.61. The summed E-state index contributed by atoms with van der Waals surface area (Å²) in [6, 6.07) is 0.0243. The first-order chi connectivity index (χ1) is 5.52. The third kappa shape index (κ3) is 1.55. The molecule has 0 aromatic carbocycles. The lowest BCUT2D eigenvalue weighted by molar-refractivity contribution is -0.389. The highest BCUT2D eigenvalue weighted by Crippen LogP contribution is 2.22. The van der Waals surface area contributed by atoms with Crippen molar-refractivity contribution in [3.8, 4) is 0 Å². The molecule has 1 rings (SSSR count). The average Bonchev–Trinajstić information content (AvgIpc) is 2.30. The van der Waals surface area contributed by atoms with E-state index in [0.717, 1.165) is 0 Å². The second-order valence-electron chi connectivity index (χ2n) is 2.54. The summed E-state index contributed by atoms with van der Waals surface area (Å²) in [4.78, 5) is 9.66. The molecule has 0 aliphatic rings. The lowest BCUT2D eigenvalue weighted by Gasteiger charge is -1.95. The minimum absolute atomic E-state index is 0.0243. The van der Waals surface area contributed by atoms with Gasteiger partial charge < -0.3 is 10.1 Å². The van der Waals surface area contributed by atoms with Gasteiger partial charge in [-0.25, -0.2) is 0 Å². The van der Waals surface area contributed by atoms with Crippen molar-refractivity contribution in [1.82, 2.24) is 9.78 Å². The van der Waals surface area contributed by atoms with Crippen molar-refractivity contribution in [1.29, 1.82) is 0 Å². The maximum atomic E-state index is 10.3. The first-order valence-corrected chi connectivity index (χ1v) is 3.72. The molecule has 12 heavy (non-hydrogen) atoms. The number of halogens is 1. The monoisotopic (exact) mass is 188 g/mol. The van der Waals surface area contributed by atoms with Crippen LogP contribution in [0.3, 0.4) is 0 Å². The molecule has 1 radical (unpaired) electrons. The number of aromatic nitrogens is 2. The Labute approximate surface area is 74.1 Å². The van der Waals surface area contributed by atoms with Gasteiger partial charge in [0.2, 0.25) is 0 Å². The number of nitro groups is 1. The molecule has 0 spiro atoms. The van der Waals surface area contributed by atoms with Crippen molar-refractivity contribution in [3.05, 3.63) is 21.3 Å². The van der Waals surface area contributed by atoms with E-state index in [4.69, 9.17) is 11.6 Å². The number of nitrogens with zero attached hydrogens (tertiary/aromatic N) is 3. The average molecular weight is 189 g/mol. The molecule has 1 aromatic heterocycles. The van der Waals surface area contributed by atoms with Crippen LogP contribution in [0.2, 0.25) is 5.02 Å². The molecule has 0 aliphatic heterocycles. The van der Waals surface area contributed by atoms with Gasteiger partial charge in [0.25, 0.3) is 0 Å². The third-order valence-electron chi connectivity index (χ3n) is 1.27. The molecule has 0 saturated carbocycles. The van der Waals surface area contributed by atoms with Crippen molar-refractivity contribution in [2.24, 2.45) is 0 Å². The van der Waals surface area contributed by atoms with Crippen molar-refractivity contribution in [3.63, 3.8) is 0 Å². The molecule has 6 heteroatoms. The highest BCUT2D eigenvalue weighted by molar-refractivity contribution is 6.32. The molecule has 0 saturated heterocycles. The number of hydrogen-bond acceptors (Lipinski definition) is 3. The normalized spacial score (nSPS) is 10.7. The highest BCUT2D eigenvalue weighted by Gasteiger charge is 2.20. The molecular weight excluding hydrogens is 182 g/mol. The minimum Gasteiger partial charge on any atom is -0.358 e. The summed E-state index contributed by atoms with van der Waals surface area (Å²) in [6.45, 7) is 3.67.